The average Bonchev–Trinajstić information content (AvgIpc) is 2.28. The van der Waals surface area contributed by atoms with Crippen LogP contribution in [0.15, 0.2) is 0 Å². The van der Waals surface area contributed by atoms with Crippen LogP contribution in [-0.2, 0) is 10.8 Å². The van der Waals surface area contributed by atoms with Crippen molar-refractivity contribution in [2.75, 3.05) is 12.3 Å². The van der Waals surface area contributed by atoms with Crippen LogP contribution >= 0.6 is 0 Å². The molecule has 0 radical (unpaired) electrons. The molecule has 1 saturated carbocycles. The fourth-order valence-electron chi connectivity index (χ4n) is 2.34. The second-order valence-electron chi connectivity index (χ2n) is 4.95. The number of hydrogen-bond acceptors (Lipinski definition) is 2. The van der Waals surface area contributed by atoms with Crippen molar-refractivity contribution in [3.05, 3.63) is 0 Å². The van der Waals surface area contributed by atoms with Crippen LogP contribution in [0.3, 0.4) is 0 Å². The van der Waals surface area contributed by atoms with E-state index in [1.54, 1.807) is 0 Å². The van der Waals surface area contributed by atoms with Crippen molar-refractivity contribution >= 4 is 10.8 Å². The van der Waals surface area contributed by atoms with Gasteiger partial charge in [0.25, 0.3) is 0 Å². The molecule has 0 aromatic rings. The van der Waals surface area contributed by atoms with E-state index >= 15 is 0 Å². The van der Waals surface area contributed by atoms with E-state index in [0.29, 0.717) is 17.7 Å². The molecule has 3 heteroatoms. The number of rotatable bonds is 5. The normalized spacial score (nSPS) is 31.1. The molecule has 0 spiro atoms. The van der Waals surface area contributed by atoms with Gasteiger partial charge in [-0.2, -0.15) is 0 Å². The lowest BCUT2D eigenvalue weighted by Crippen LogP contribution is -2.29. The van der Waals surface area contributed by atoms with Gasteiger partial charge in [-0.05, 0) is 31.2 Å². The maximum absolute atomic E-state index is 12.1. The van der Waals surface area contributed by atoms with Gasteiger partial charge in [-0.15, -0.1) is 0 Å². The van der Waals surface area contributed by atoms with Crippen molar-refractivity contribution in [3.8, 4) is 0 Å². The second-order valence-corrected chi connectivity index (χ2v) is 6.71. The summed E-state index contributed by atoms with van der Waals surface area (Å²) < 4.78 is 12.1. The van der Waals surface area contributed by atoms with E-state index in [2.05, 4.69) is 13.8 Å². The molecular formula is C12H25NOS. The zero-order valence-corrected chi connectivity index (χ0v) is 10.9. The third-order valence-corrected chi connectivity index (χ3v) is 5.60. The second kappa shape index (κ2) is 6.64. The van der Waals surface area contributed by atoms with Gasteiger partial charge in [0.05, 0.1) is 0 Å². The summed E-state index contributed by atoms with van der Waals surface area (Å²) in [7, 11) is -0.639. The first-order valence-corrected chi connectivity index (χ1v) is 7.62. The van der Waals surface area contributed by atoms with Crippen molar-refractivity contribution in [3.63, 3.8) is 0 Å². The van der Waals surface area contributed by atoms with Crippen LogP contribution in [0, 0.1) is 11.8 Å². The molecule has 0 aromatic carbocycles. The van der Waals surface area contributed by atoms with Crippen LogP contribution in [0.4, 0.5) is 0 Å². The lowest BCUT2D eigenvalue weighted by atomic mass is 9.87. The molecule has 0 amide bonds. The first kappa shape index (κ1) is 13.2. The zero-order valence-electron chi connectivity index (χ0n) is 10.1. The molecule has 15 heavy (non-hydrogen) atoms. The number of nitrogens with two attached hydrogens (primary N) is 1. The van der Waals surface area contributed by atoms with E-state index in [1.165, 1.54) is 32.1 Å². The molecule has 0 saturated heterocycles. The molecule has 1 fully saturated rings. The molecule has 1 rings (SSSR count). The van der Waals surface area contributed by atoms with E-state index in [1.807, 2.05) is 0 Å². The Kier molecular flexibility index (Phi) is 5.83. The molecule has 90 valence electrons. The van der Waals surface area contributed by atoms with Crippen molar-refractivity contribution in [2.45, 2.75) is 51.2 Å². The highest BCUT2D eigenvalue weighted by atomic mass is 32.2. The SMILES string of the molecule is CCC1CCCC(S(=O)CC(C)CN)C1. The largest absolute Gasteiger partial charge is 0.330 e. The van der Waals surface area contributed by atoms with E-state index in [4.69, 9.17) is 5.73 Å². The third kappa shape index (κ3) is 4.23. The molecule has 0 heterocycles. The minimum absolute atomic E-state index is 0.410. The Morgan fingerprint density at radius 2 is 2.20 bits per heavy atom. The summed E-state index contributed by atoms with van der Waals surface area (Å²) in [4.78, 5) is 0. The van der Waals surface area contributed by atoms with Crippen LogP contribution in [0.2, 0.25) is 0 Å². The third-order valence-electron chi connectivity index (χ3n) is 3.53. The summed E-state index contributed by atoms with van der Waals surface area (Å²) in [6.07, 6.45) is 6.21. The lowest BCUT2D eigenvalue weighted by Gasteiger charge is -2.28. The molecule has 4 unspecified atom stereocenters. The first-order chi connectivity index (χ1) is 7.17. The summed E-state index contributed by atoms with van der Waals surface area (Å²) in [5.41, 5.74) is 5.57. The molecule has 2 nitrogen and oxygen atoms in total. The molecular weight excluding hydrogens is 206 g/mol. The van der Waals surface area contributed by atoms with Crippen LogP contribution < -0.4 is 5.73 Å². The van der Waals surface area contributed by atoms with Gasteiger partial charge >= 0.3 is 0 Å². The van der Waals surface area contributed by atoms with Gasteiger partial charge < -0.3 is 5.73 Å². The molecule has 1 aliphatic carbocycles. The summed E-state index contributed by atoms with van der Waals surface area (Å²) in [5, 5.41) is 0.456. The van der Waals surface area contributed by atoms with E-state index in [0.717, 1.165) is 11.7 Å². The highest BCUT2D eigenvalue weighted by Crippen LogP contribution is 2.29. The Morgan fingerprint density at radius 3 is 2.80 bits per heavy atom. The summed E-state index contributed by atoms with van der Waals surface area (Å²) in [6, 6.07) is 0. The summed E-state index contributed by atoms with van der Waals surface area (Å²) in [5.74, 6) is 2.03. The van der Waals surface area contributed by atoms with Gasteiger partial charge in [-0.1, -0.05) is 33.1 Å². The lowest BCUT2D eigenvalue weighted by molar-refractivity contribution is 0.353. The standard InChI is InChI=1S/C12H25NOS/c1-3-11-5-4-6-12(7-11)15(14)9-10(2)8-13/h10-12H,3-9,13H2,1-2H3. The predicted octanol–water partition coefficient (Wildman–Crippen LogP) is 2.30. The zero-order chi connectivity index (χ0) is 11.3. The smallest absolute Gasteiger partial charge is 0.0350 e. The minimum atomic E-state index is -0.639. The monoisotopic (exact) mass is 231 g/mol. The van der Waals surface area contributed by atoms with Gasteiger partial charge in [-0.3, -0.25) is 4.21 Å². The van der Waals surface area contributed by atoms with E-state index < -0.39 is 10.8 Å². The Balaban J connectivity index is 2.38. The van der Waals surface area contributed by atoms with E-state index in [-0.39, 0.29) is 0 Å². The Hall–Kier alpha value is 0.110. The van der Waals surface area contributed by atoms with Gasteiger partial charge in [-0.25, -0.2) is 0 Å². The molecule has 0 aliphatic heterocycles. The Morgan fingerprint density at radius 1 is 1.47 bits per heavy atom. The Labute approximate surface area is 96.5 Å². The predicted molar refractivity (Wildman–Crippen MR) is 67.3 cm³/mol. The fourth-order valence-corrected chi connectivity index (χ4v) is 4.22. The molecule has 0 bridgehead atoms. The van der Waals surface area contributed by atoms with Crippen LogP contribution in [0.1, 0.15) is 46.0 Å². The number of hydrogen-bond donors (Lipinski definition) is 1. The van der Waals surface area contributed by atoms with E-state index in [9.17, 15) is 4.21 Å². The summed E-state index contributed by atoms with van der Waals surface area (Å²) in [6.45, 7) is 5.01. The maximum atomic E-state index is 12.1. The molecule has 2 N–H and O–H groups in total. The quantitative estimate of drug-likeness (QED) is 0.789. The molecule has 4 atom stereocenters. The highest BCUT2D eigenvalue weighted by Gasteiger charge is 2.25. The van der Waals surface area contributed by atoms with Crippen molar-refractivity contribution < 1.29 is 4.21 Å². The van der Waals surface area contributed by atoms with Gasteiger partial charge in [0.15, 0.2) is 0 Å². The molecule has 0 aromatic heterocycles. The van der Waals surface area contributed by atoms with Gasteiger partial charge in [0.2, 0.25) is 0 Å². The Bertz CT molecular complexity index is 208. The van der Waals surface area contributed by atoms with Crippen LogP contribution in [0.5, 0.6) is 0 Å². The van der Waals surface area contributed by atoms with Crippen molar-refractivity contribution in [1.82, 2.24) is 0 Å². The van der Waals surface area contributed by atoms with Gasteiger partial charge in [0.1, 0.15) is 0 Å². The average molecular weight is 231 g/mol. The molecule has 1 aliphatic rings. The maximum Gasteiger partial charge on any atom is 0.0350 e. The summed E-state index contributed by atoms with van der Waals surface area (Å²) >= 11 is 0. The highest BCUT2D eigenvalue weighted by molar-refractivity contribution is 7.85. The van der Waals surface area contributed by atoms with Crippen molar-refractivity contribution in [2.24, 2.45) is 17.6 Å². The van der Waals surface area contributed by atoms with Crippen LogP contribution in [0.25, 0.3) is 0 Å². The first-order valence-electron chi connectivity index (χ1n) is 6.24. The van der Waals surface area contributed by atoms with Crippen LogP contribution in [-0.4, -0.2) is 21.8 Å². The minimum Gasteiger partial charge on any atom is -0.330 e. The van der Waals surface area contributed by atoms with Gasteiger partial charge in [0, 0.05) is 21.8 Å². The van der Waals surface area contributed by atoms with Crippen molar-refractivity contribution in [1.29, 1.82) is 0 Å². The fraction of sp³-hybridized carbons (Fsp3) is 1.00. The topological polar surface area (TPSA) is 43.1 Å².